The normalized spacial score (nSPS) is 16.4. The molecule has 1 saturated heterocycles. The van der Waals surface area contributed by atoms with Crippen molar-refractivity contribution in [2.45, 2.75) is 45.8 Å². The van der Waals surface area contributed by atoms with Gasteiger partial charge in [0.15, 0.2) is 0 Å². The molecule has 40 heavy (non-hydrogen) atoms. The van der Waals surface area contributed by atoms with Gasteiger partial charge in [-0.2, -0.15) is 0 Å². The van der Waals surface area contributed by atoms with Crippen LogP contribution in [0.2, 0.25) is 0 Å². The van der Waals surface area contributed by atoms with Crippen molar-refractivity contribution in [2.24, 2.45) is 0 Å². The van der Waals surface area contributed by atoms with Gasteiger partial charge in [0.05, 0.1) is 24.8 Å². The van der Waals surface area contributed by atoms with Crippen molar-refractivity contribution >= 4 is 17.4 Å². The van der Waals surface area contributed by atoms with E-state index in [1.807, 2.05) is 55.5 Å². The first-order chi connectivity index (χ1) is 19.4. The highest BCUT2D eigenvalue weighted by Crippen LogP contribution is 2.40. The Morgan fingerprint density at radius 3 is 2.15 bits per heavy atom. The number of nitrogens with zero attached hydrogens (tertiary/aromatic N) is 1. The van der Waals surface area contributed by atoms with Gasteiger partial charge in [-0.25, -0.2) is 0 Å². The SMILES string of the molecule is CCCCCOc1ccc(C2/C(=C(\O)c3ccc(OCc4ccc(C)cc4)cc3)C(=O)C(=O)N2CCOC)cc1. The van der Waals surface area contributed by atoms with Gasteiger partial charge in [-0.05, 0) is 60.9 Å². The van der Waals surface area contributed by atoms with Crippen LogP contribution < -0.4 is 9.47 Å². The molecule has 0 aliphatic carbocycles. The van der Waals surface area contributed by atoms with Crippen molar-refractivity contribution in [3.05, 3.63) is 101 Å². The van der Waals surface area contributed by atoms with Gasteiger partial charge in [-0.3, -0.25) is 9.59 Å². The number of benzene rings is 3. The number of ketones is 1. The lowest BCUT2D eigenvalue weighted by Gasteiger charge is -2.25. The molecule has 7 nitrogen and oxygen atoms in total. The van der Waals surface area contributed by atoms with Crippen LogP contribution >= 0.6 is 0 Å². The number of aryl methyl sites for hydroxylation is 1. The summed E-state index contributed by atoms with van der Waals surface area (Å²) < 4.78 is 16.9. The number of hydrogen-bond acceptors (Lipinski definition) is 6. The zero-order valence-corrected chi connectivity index (χ0v) is 23.4. The van der Waals surface area contributed by atoms with E-state index in [-0.39, 0.29) is 24.5 Å². The van der Waals surface area contributed by atoms with Crippen LogP contribution in [0.25, 0.3) is 5.76 Å². The van der Waals surface area contributed by atoms with Crippen LogP contribution in [0.4, 0.5) is 0 Å². The average molecular weight is 544 g/mol. The number of aliphatic hydroxyl groups excluding tert-OH is 1. The molecule has 1 fully saturated rings. The molecular weight excluding hydrogens is 506 g/mol. The third-order valence-corrected chi connectivity index (χ3v) is 6.94. The zero-order chi connectivity index (χ0) is 28.5. The van der Waals surface area contributed by atoms with Crippen LogP contribution in [0.15, 0.2) is 78.4 Å². The van der Waals surface area contributed by atoms with E-state index in [4.69, 9.17) is 14.2 Å². The molecule has 1 atom stereocenters. The summed E-state index contributed by atoms with van der Waals surface area (Å²) in [4.78, 5) is 27.7. The Hall–Kier alpha value is -4.10. The number of rotatable bonds is 13. The molecule has 210 valence electrons. The molecule has 3 aromatic carbocycles. The number of ether oxygens (including phenoxy) is 3. The third-order valence-electron chi connectivity index (χ3n) is 6.94. The number of methoxy groups -OCH3 is 1. The monoisotopic (exact) mass is 543 g/mol. The van der Waals surface area contributed by atoms with Gasteiger partial charge in [0, 0.05) is 19.2 Å². The highest BCUT2D eigenvalue weighted by atomic mass is 16.5. The number of carbonyl (C=O) groups excluding carboxylic acids is 2. The molecule has 1 unspecified atom stereocenters. The van der Waals surface area contributed by atoms with Gasteiger partial charge in [0.1, 0.15) is 23.9 Å². The number of Topliss-reactive ketones (excluding diaryl/α,β-unsaturated/α-hetero) is 1. The molecule has 1 heterocycles. The minimum atomic E-state index is -0.748. The second kappa shape index (κ2) is 13.8. The molecular formula is C33H37NO6. The zero-order valence-electron chi connectivity index (χ0n) is 23.4. The molecule has 3 aromatic rings. The standard InChI is InChI=1S/C33H37NO6/c1-4-5-6-20-39-27-15-11-25(12-16-27)30-29(32(36)33(37)34(30)19-21-38-3)31(35)26-13-17-28(18-14-26)40-22-24-9-7-23(2)8-10-24/h7-18,30,35H,4-6,19-22H2,1-3H3/b31-29+. The summed E-state index contributed by atoms with van der Waals surface area (Å²) in [5, 5.41) is 11.3. The van der Waals surface area contributed by atoms with Crippen LogP contribution in [0.1, 0.15) is 54.5 Å². The second-order valence-electron chi connectivity index (χ2n) is 9.91. The maximum Gasteiger partial charge on any atom is 0.295 e. The number of likely N-dealkylation sites (tertiary alicyclic amines) is 1. The molecule has 1 aliphatic rings. The summed E-state index contributed by atoms with van der Waals surface area (Å²) >= 11 is 0. The number of unbranched alkanes of at least 4 members (excludes halogenated alkanes) is 2. The van der Waals surface area contributed by atoms with E-state index in [1.54, 1.807) is 31.4 Å². The molecule has 1 N–H and O–H groups in total. The van der Waals surface area contributed by atoms with E-state index in [0.29, 0.717) is 30.1 Å². The molecule has 0 radical (unpaired) electrons. The molecule has 0 bridgehead atoms. The van der Waals surface area contributed by atoms with Crippen LogP contribution in [0.5, 0.6) is 11.5 Å². The van der Waals surface area contributed by atoms with Gasteiger partial charge >= 0.3 is 0 Å². The van der Waals surface area contributed by atoms with E-state index in [2.05, 4.69) is 6.92 Å². The Kier molecular flexibility index (Phi) is 9.97. The van der Waals surface area contributed by atoms with E-state index in [1.165, 1.54) is 10.5 Å². The fourth-order valence-corrected chi connectivity index (χ4v) is 4.65. The lowest BCUT2D eigenvalue weighted by atomic mass is 9.95. The molecule has 7 heteroatoms. The summed E-state index contributed by atoms with van der Waals surface area (Å²) in [6.45, 7) is 5.69. The predicted molar refractivity (Wildman–Crippen MR) is 154 cm³/mol. The summed E-state index contributed by atoms with van der Waals surface area (Å²) in [7, 11) is 1.54. The molecule has 0 spiro atoms. The number of aliphatic hydroxyl groups is 1. The number of amides is 1. The highest BCUT2D eigenvalue weighted by molar-refractivity contribution is 6.46. The lowest BCUT2D eigenvalue weighted by Crippen LogP contribution is -2.32. The fraction of sp³-hybridized carbons (Fsp3) is 0.333. The maximum atomic E-state index is 13.2. The largest absolute Gasteiger partial charge is 0.507 e. The number of hydrogen-bond donors (Lipinski definition) is 1. The van der Waals surface area contributed by atoms with Crippen molar-refractivity contribution in [2.75, 3.05) is 26.9 Å². The summed E-state index contributed by atoms with van der Waals surface area (Å²) in [5.41, 5.74) is 3.41. The first kappa shape index (κ1) is 28.9. The van der Waals surface area contributed by atoms with Crippen molar-refractivity contribution < 1.29 is 28.9 Å². The van der Waals surface area contributed by atoms with Gasteiger partial charge < -0.3 is 24.2 Å². The van der Waals surface area contributed by atoms with Gasteiger partial charge in [-0.15, -0.1) is 0 Å². The highest BCUT2D eigenvalue weighted by Gasteiger charge is 2.45. The minimum Gasteiger partial charge on any atom is -0.507 e. The van der Waals surface area contributed by atoms with Gasteiger partial charge in [-0.1, -0.05) is 61.7 Å². The van der Waals surface area contributed by atoms with Crippen LogP contribution in [0.3, 0.4) is 0 Å². The van der Waals surface area contributed by atoms with E-state index in [0.717, 1.165) is 30.6 Å². The Morgan fingerprint density at radius 1 is 0.850 bits per heavy atom. The third kappa shape index (κ3) is 6.90. The van der Waals surface area contributed by atoms with Crippen LogP contribution in [-0.4, -0.2) is 48.6 Å². The molecule has 1 amide bonds. The quantitative estimate of drug-likeness (QED) is 0.119. The summed E-state index contributed by atoms with van der Waals surface area (Å²) in [6, 6.07) is 21.5. The Bertz CT molecular complexity index is 1310. The molecule has 0 aromatic heterocycles. The van der Waals surface area contributed by atoms with E-state index >= 15 is 0 Å². The topological polar surface area (TPSA) is 85.3 Å². The molecule has 4 rings (SSSR count). The fourth-order valence-electron chi connectivity index (χ4n) is 4.65. The van der Waals surface area contributed by atoms with Gasteiger partial charge in [0.25, 0.3) is 11.7 Å². The van der Waals surface area contributed by atoms with Gasteiger partial charge in [0.2, 0.25) is 0 Å². The van der Waals surface area contributed by atoms with Crippen LogP contribution in [-0.2, 0) is 20.9 Å². The Balaban J connectivity index is 1.58. The summed E-state index contributed by atoms with van der Waals surface area (Å²) in [6.07, 6.45) is 3.20. The minimum absolute atomic E-state index is 0.0473. The van der Waals surface area contributed by atoms with Crippen molar-refractivity contribution in [1.82, 2.24) is 4.90 Å². The number of carbonyl (C=O) groups is 2. The second-order valence-corrected chi connectivity index (χ2v) is 9.91. The first-order valence-corrected chi connectivity index (χ1v) is 13.7. The molecule has 1 aliphatic heterocycles. The van der Waals surface area contributed by atoms with Crippen molar-refractivity contribution in [3.8, 4) is 11.5 Å². The van der Waals surface area contributed by atoms with Crippen molar-refractivity contribution in [1.29, 1.82) is 0 Å². The van der Waals surface area contributed by atoms with E-state index < -0.39 is 17.7 Å². The predicted octanol–water partition coefficient (Wildman–Crippen LogP) is 6.21. The van der Waals surface area contributed by atoms with Crippen molar-refractivity contribution in [3.63, 3.8) is 0 Å². The first-order valence-electron chi connectivity index (χ1n) is 13.7. The average Bonchev–Trinajstić information content (AvgIpc) is 3.23. The smallest absolute Gasteiger partial charge is 0.295 e. The maximum absolute atomic E-state index is 13.2. The Morgan fingerprint density at radius 2 is 1.50 bits per heavy atom. The summed E-state index contributed by atoms with van der Waals surface area (Å²) in [5.74, 6) is -0.272. The lowest BCUT2D eigenvalue weighted by molar-refractivity contribution is -0.140. The van der Waals surface area contributed by atoms with Crippen LogP contribution in [0, 0.1) is 6.92 Å². The van der Waals surface area contributed by atoms with E-state index in [9.17, 15) is 14.7 Å². The Labute approximate surface area is 236 Å². The molecule has 0 saturated carbocycles.